The molecule has 540 valence electrons. The Bertz CT molecular complexity index is 4730. The number of aliphatic hydroxyl groups excluding tert-OH is 3. The summed E-state index contributed by atoms with van der Waals surface area (Å²) in [6.07, 6.45) is 11.6. The van der Waals surface area contributed by atoms with E-state index in [0.717, 1.165) is 126 Å². The Balaban J connectivity index is 0.924. The second-order valence-electron chi connectivity index (χ2n) is 32.5. The first-order valence-corrected chi connectivity index (χ1v) is 42.9. The largest absolute Gasteiger partial charge is 0.508 e. The molecule has 9 N–H and O–H groups in total. The van der Waals surface area contributed by atoms with E-state index in [4.69, 9.17) is 9.15 Å². The van der Waals surface area contributed by atoms with Gasteiger partial charge in [-0.25, -0.2) is 0 Å². The highest BCUT2D eigenvalue weighted by Gasteiger charge is 2.55. The quantitative estimate of drug-likeness (QED) is 0.0676. The summed E-state index contributed by atoms with van der Waals surface area (Å²) in [5.74, 6) is -0.428. The van der Waals surface area contributed by atoms with E-state index >= 15 is 9.59 Å². The van der Waals surface area contributed by atoms with Crippen LogP contribution in [0.25, 0.3) is 44.2 Å². The Labute approximate surface area is 618 Å². The number of phenols is 3. The fourth-order valence-electron chi connectivity index (χ4n) is 20.5. The summed E-state index contributed by atoms with van der Waals surface area (Å²) < 4.78 is 13.3. The Kier molecular flexibility index (Phi) is 18.9. The van der Waals surface area contributed by atoms with Gasteiger partial charge < -0.3 is 55.3 Å². The number of nitrogens with one attached hydrogen (secondary N) is 1. The number of ether oxygens (including phenoxy) is 1. The van der Waals surface area contributed by atoms with Crippen LogP contribution in [0.3, 0.4) is 0 Å². The van der Waals surface area contributed by atoms with Crippen molar-refractivity contribution in [1.29, 1.82) is 0 Å². The van der Waals surface area contributed by atoms with Crippen molar-refractivity contribution in [1.82, 2.24) is 5.32 Å². The van der Waals surface area contributed by atoms with Crippen LogP contribution in [0.2, 0.25) is 0 Å². The molecule has 4 aliphatic carbocycles. The van der Waals surface area contributed by atoms with Gasteiger partial charge in [0.25, 0.3) is 0 Å². The lowest BCUT2D eigenvalue weighted by molar-refractivity contribution is -0.125. The van der Waals surface area contributed by atoms with Crippen LogP contribution in [0.4, 0.5) is 0 Å². The number of hydrogen-bond donors (Lipinski definition) is 9. The molecule has 12 heterocycles. The number of fused-ring (bicyclic) bond motifs is 4. The highest BCUT2D eigenvalue weighted by Crippen LogP contribution is 2.65. The summed E-state index contributed by atoms with van der Waals surface area (Å²) in [5, 5.41) is 108. The second-order valence-corrected chi connectivity index (χ2v) is 37.8. The predicted octanol–water partition coefficient (Wildman–Crippen LogP) is 17.1. The van der Waals surface area contributed by atoms with Gasteiger partial charge in [-0.3, -0.25) is 9.59 Å². The average Bonchev–Trinajstić information content (AvgIpc) is 0.895. The van der Waals surface area contributed by atoms with Crippen LogP contribution in [0.1, 0.15) is 213 Å². The molecule has 13 nitrogen and oxygen atoms in total. The van der Waals surface area contributed by atoms with Crippen LogP contribution < -0.4 is 15.5 Å². The molecule has 20 bridgehead atoms. The fraction of sp³-hybridized carbons (Fsp3) is 0.488. The molecule has 10 unspecified atom stereocenters. The molecule has 0 amide bonds. The molecular weight excluding hydrogens is 1370 g/mol. The number of Topliss-reactive ketones (excluding diaryl/α,β-unsaturated/α-hetero) is 1. The molecule has 1 aromatic heterocycles. The summed E-state index contributed by atoms with van der Waals surface area (Å²) in [6.45, 7) is 4.86. The van der Waals surface area contributed by atoms with Crippen molar-refractivity contribution < 1.29 is 54.8 Å². The van der Waals surface area contributed by atoms with Crippen molar-refractivity contribution in [3.05, 3.63) is 180 Å². The van der Waals surface area contributed by atoms with Crippen molar-refractivity contribution in [3.63, 3.8) is 0 Å². The number of rotatable bonds is 7. The van der Waals surface area contributed by atoms with Crippen LogP contribution in [-0.2, 0) is 59.2 Å². The monoisotopic (exact) mass is 1460 g/mol. The number of aromatic hydroxyl groups is 4. The molecule has 8 aromatic rings. The first-order chi connectivity index (χ1) is 49.9. The summed E-state index contributed by atoms with van der Waals surface area (Å²) in [4.78, 5) is 31.7. The standard InChI is InChI=1S/C86H95NO12S4/c1-46(2)30-55-38-60-63-45-101-102-70-35-50(44-87-77(70)53-15-10-14-49(33-53)34-59(63)78(55)93)32-47-12-9-13-48(31-47)36-71(92)85(25-7-4-8-26-85)56-19-17-54(66(90)39-56)43-86-64-20-18-52-37-51(21-27-84(97)23-5-3-6-24-84)57(22-28-88)58-40-61-73(75(64)72(52)58)62(83(86)96)41-68(65(89)16-11-29-100-103-86)98-82-74(61)67(91)42-69-76(82)79(94)80(95)81(60)99-69/h9-10,12-15,17-20,31,33,38-40,42,46,50-51,57,62,65,68,70,77,83,87-91,93,95-97H,3-8,11,16,21-30,32,34-37,41,43-45H2,1-2H3. The number of carbonyl (C=O) groups is 1. The minimum absolute atomic E-state index is 0.00201. The maximum Gasteiger partial charge on any atom is 0.238 e. The lowest BCUT2D eigenvalue weighted by Gasteiger charge is -2.49. The molecule has 17 heteroatoms. The van der Waals surface area contributed by atoms with Gasteiger partial charge in [-0.2, -0.15) is 0 Å². The molecule has 103 heavy (non-hydrogen) atoms. The van der Waals surface area contributed by atoms with Crippen molar-refractivity contribution in [2.45, 2.75) is 224 Å². The molecule has 15 aliphatic rings. The molecule has 11 aliphatic heterocycles. The third-order valence-electron chi connectivity index (χ3n) is 25.6. The van der Waals surface area contributed by atoms with Gasteiger partial charge in [-0.05, 0) is 228 Å². The zero-order valence-electron chi connectivity index (χ0n) is 58.9. The van der Waals surface area contributed by atoms with Gasteiger partial charge in [-0.1, -0.05) is 168 Å². The van der Waals surface area contributed by atoms with Gasteiger partial charge in [0.05, 0.1) is 33.5 Å². The van der Waals surface area contributed by atoms with Gasteiger partial charge in [0.2, 0.25) is 11.2 Å². The molecule has 0 radical (unpaired) electrons. The third kappa shape index (κ3) is 12.3. The number of ketones is 1. The first-order valence-electron chi connectivity index (χ1n) is 38.2. The molecule has 2 saturated heterocycles. The van der Waals surface area contributed by atoms with E-state index in [9.17, 15) is 40.9 Å². The minimum atomic E-state index is -1.21. The van der Waals surface area contributed by atoms with Gasteiger partial charge in [0.15, 0.2) is 5.76 Å². The number of hydrogen-bond acceptors (Lipinski definition) is 17. The Morgan fingerprint density at radius 1 is 0.718 bits per heavy atom. The Morgan fingerprint density at radius 3 is 2.29 bits per heavy atom. The number of carbonyl (C=O) groups excluding carboxylic acids is 1. The van der Waals surface area contributed by atoms with Gasteiger partial charge in [-0.15, -0.1) is 0 Å². The smallest absolute Gasteiger partial charge is 0.238 e. The van der Waals surface area contributed by atoms with Crippen molar-refractivity contribution in [3.8, 4) is 51.2 Å². The molecule has 2 spiro atoms. The first kappa shape index (κ1) is 69.9. The van der Waals surface area contributed by atoms with Crippen LogP contribution in [-0.4, -0.2) is 94.7 Å². The predicted molar refractivity (Wildman–Crippen MR) is 414 cm³/mol. The summed E-state index contributed by atoms with van der Waals surface area (Å²) in [5.41, 5.74) is 10.0. The lowest BCUT2D eigenvalue weighted by atomic mass is 9.62. The minimum Gasteiger partial charge on any atom is -0.508 e. The average molecular weight is 1460 g/mol. The molecule has 10 atom stereocenters. The van der Waals surface area contributed by atoms with Crippen LogP contribution >= 0.6 is 43.2 Å². The van der Waals surface area contributed by atoms with Gasteiger partial charge in [0.1, 0.15) is 45.9 Å². The van der Waals surface area contributed by atoms with E-state index in [2.05, 4.69) is 92.0 Å². The van der Waals surface area contributed by atoms with Crippen molar-refractivity contribution in [2.24, 2.45) is 17.8 Å². The maximum absolute atomic E-state index is 16.2. The van der Waals surface area contributed by atoms with E-state index in [-0.39, 0.29) is 112 Å². The number of phenolic OH excluding ortho intramolecular Hbond substituents is 3. The SMILES string of the molecule is CC(C)Cc1cc2c3c(c1O)Cc1cccc(c1)C1NCC(Cc4cccc(c4)CC(=O)C4(CCCCC4)c4ccc(c(O)c4)CC45SSCCCC(O)C6CC(c7c(cc8c9c(ccc4c79)CC(CCC4(O)CCCCC4)C8CCO)-c4c(O)cc7oc-2c(O)c(=O)c7c4O6)C5O)CC1SSC3. The number of piperidine rings is 1. The van der Waals surface area contributed by atoms with E-state index < -0.39 is 51.2 Å². The lowest BCUT2D eigenvalue weighted by Crippen LogP contribution is -2.48. The van der Waals surface area contributed by atoms with Crippen LogP contribution in [0.5, 0.6) is 28.7 Å². The van der Waals surface area contributed by atoms with E-state index in [1.54, 1.807) is 43.2 Å². The van der Waals surface area contributed by atoms with Crippen LogP contribution in [0, 0.1) is 17.8 Å². The second kappa shape index (κ2) is 27.9. The zero-order valence-corrected chi connectivity index (χ0v) is 62.2. The number of aliphatic hydroxyl groups is 4. The Morgan fingerprint density at radius 2 is 1.50 bits per heavy atom. The highest BCUT2D eigenvalue weighted by atomic mass is 33.1. The molecule has 23 rings (SSSR count). The topological polar surface area (TPSA) is 230 Å². The van der Waals surface area contributed by atoms with E-state index in [1.807, 2.05) is 18.2 Å². The Hall–Kier alpha value is -6.12. The summed E-state index contributed by atoms with van der Waals surface area (Å²) in [6, 6.07) is 32.9. The molecule has 7 aromatic carbocycles. The summed E-state index contributed by atoms with van der Waals surface area (Å²) >= 11 is 0. The third-order valence-corrected chi connectivity index (χ3v) is 31.6. The van der Waals surface area contributed by atoms with Crippen molar-refractivity contribution in [2.75, 3.05) is 18.9 Å². The van der Waals surface area contributed by atoms with E-state index in [1.165, 1.54) is 11.6 Å². The van der Waals surface area contributed by atoms with Gasteiger partial charge >= 0.3 is 0 Å². The van der Waals surface area contributed by atoms with Gasteiger partial charge in [0, 0.05) is 65.4 Å². The van der Waals surface area contributed by atoms with Crippen LogP contribution in [0.15, 0.2) is 106 Å². The molecular formula is C86H95NO12S4. The number of benzene rings is 7. The maximum atomic E-state index is 16.2. The fourth-order valence-corrected chi connectivity index (χ4v) is 26.9. The molecule has 2 saturated carbocycles. The van der Waals surface area contributed by atoms with E-state index in [0.29, 0.717) is 109 Å². The summed E-state index contributed by atoms with van der Waals surface area (Å²) in [7, 11) is 6.71. The highest BCUT2D eigenvalue weighted by molar-refractivity contribution is 8.77. The van der Waals surface area contributed by atoms with Crippen molar-refractivity contribution >= 4 is 70.7 Å². The molecule has 4 fully saturated rings. The zero-order chi connectivity index (χ0) is 70.8. The normalized spacial score (nSPS) is 27.1.